The molecule has 5 heteroatoms. The second kappa shape index (κ2) is 8.86. The minimum absolute atomic E-state index is 0.0630. The van der Waals surface area contributed by atoms with E-state index >= 15 is 0 Å². The molecule has 5 nitrogen and oxygen atoms in total. The van der Waals surface area contributed by atoms with Crippen molar-refractivity contribution in [2.24, 2.45) is 5.92 Å². The van der Waals surface area contributed by atoms with E-state index in [0.717, 1.165) is 51.9 Å². The standard InChI is InChI=1S/C24H35N3O2/c1-18(28)26-16-11-20(12-17-26)24(29)27-14-7-6-10-22-23(27)21(13-15-25(22)2)19-8-4-3-5-9-19/h3-5,8-9,20-23H,6-7,10-17H2,1-2H3/t21-,22-,23-/m1/s1. The number of nitrogens with zero attached hydrogens (tertiary/aromatic N) is 3. The van der Waals surface area contributed by atoms with Crippen molar-refractivity contribution in [1.29, 1.82) is 0 Å². The first-order valence-electron chi connectivity index (χ1n) is 11.4. The van der Waals surface area contributed by atoms with E-state index in [1.165, 1.54) is 18.4 Å². The fraction of sp³-hybridized carbons (Fsp3) is 0.667. The summed E-state index contributed by atoms with van der Waals surface area (Å²) in [6, 6.07) is 11.5. The minimum Gasteiger partial charge on any atom is -0.343 e. The number of rotatable bonds is 2. The number of piperidine rings is 2. The number of likely N-dealkylation sites (tertiary alicyclic amines) is 3. The van der Waals surface area contributed by atoms with Crippen LogP contribution < -0.4 is 0 Å². The molecule has 3 fully saturated rings. The maximum absolute atomic E-state index is 13.7. The summed E-state index contributed by atoms with van der Waals surface area (Å²) >= 11 is 0. The van der Waals surface area contributed by atoms with Crippen molar-refractivity contribution in [3.05, 3.63) is 35.9 Å². The molecular weight excluding hydrogens is 362 g/mol. The van der Waals surface area contributed by atoms with E-state index in [-0.39, 0.29) is 17.9 Å². The Labute approximate surface area is 175 Å². The highest BCUT2D eigenvalue weighted by molar-refractivity contribution is 5.80. The van der Waals surface area contributed by atoms with Crippen molar-refractivity contribution in [2.75, 3.05) is 33.2 Å². The number of amides is 2. The van der Waals surface area contributed by atoms with E-state index in [1.54, 1.807) is 6.92 Å². The quantitative estimate of drug-likeness (QED) is 0.770. The Morgan fingerprint density at radius 1 is 0.897 bits per heavy atom. The zero-order chi connectivity index (χ0) is 20.4. The molecule has 0 saturated carbocycles. The predicted molar refractivity (Wildman–Crippen MR) is 115 cm³/mol. The predicted octanol–water partition coefficient (Wildman–Crippen LogP) is 3.11. The Hall–Kier alpha value is -1.88. The lowest BCUT2D eigenvalue weighted by Crippen LogP contribution is -2.59. The fourth-order valence-electron chi connectivity index (χ4n) is 5.81. The molecule has 1 aromatic rings. The number of benzene rings is 1. The largest absolute Gasteiger partial charge is 0.343 e. The minimum atomic E-state index is 0.0630. The van der Waals surface area contributed by atoms with Crippen molar-refractivity contribution < 1.29 is 9.59 Å². The van der Waals surface area contributed by atoms with Crippen LogP contribution in [0.1, 0.15) is 56.9 Å². The highest BCUT2D eigenvalue weighted by Crippen LogP contribution is 2.39. The van der Waals surface area contributed by atoms with Crippen LogP contribution >= 0.6 is 0 Å². The Kier molecular flexibility index (Phi) is 6.23. The summed E-state index contributed by atoms with van der Waals surface area (Å²) in [7, 11) is 2.23. The van der Waals surface area contributed by atoms with Gasteiger partial charge in [0.15, 0.2) is 0 Å². The first-order valence-corrected chi connectivity index (χ1v) is 11.4. The van der Waals surface area contributed by atoms with Gasteiger partial charge in [0.1, 0.15) is 0 Å². The van der Waals surface area contributed by atoms with E-state index in [1.807, 2.05) is 4.90 Å². The molecule has 4 rings (SSSR count). The molecule has 0 spiro atoms. The van der Waals surface area contributed by atoms with Crippen LogP contribution in [0.3, 0.4) is 0 Å². The summed E-state index contributed by atoms with van der Waals surface area (Å²) in [5.41, 5.74) is 1.38. The normalized spacial score (nSPS) is 29.2. The van der Waals surface area contributed by atoms with Crippen molar-refractivity contribution in [3.8, 4) is 0 Å². The van der Waals surface area contributed by atoms with Crippen LogP contribution in [-0.4, -0.2) is 71.8 Å². The van der Waals surface area contributed by atoms with Crippen LogP contribution in [0.2, 0.25) is 0 Å². The zero-order valence-corrected chi connectivity index (χ0v) is 17.9. The van der Waals surface area contributed by atoms with Crippen molar-refractivity contribution in [3.63, 3.8) is 0 Å². The van der Waals surface area contributed by atoms with Crippen LogP contribution in [0.4, 0.5) is 0 Å². The van der Waals surface area contributed by atoms with E-state index in [9.17, 15) is 9.59 Å². The molecule has 3 aliphatic rings. The fourth-order valence-corrected chi connectivity index (χ4v) is 5.81. The van der Waals surface area contributed by atoms with Crippen LogP contribution in [-0.2, 0) is 9.59 Å². The topological polar surface area (TPSA) is 43.9 Å². The monoisotopic (exact) mass is 397 g/mol. The summed E-state index contributed by atoms with van der Waals surface area (Å²) in [6.45, 7) is 5.04. The van der Waals surface area contributed by atoms with Gasteiger partial charge >= 0.3 is 0 Å². The van der Waals surface area contributed by atoms with E-state index in [0.29, 0.717) is 17.9 Å². The Bertz CT molecular complexity index is 714. The third kappa shape index (κ3) is 4.20. The van der Waals surface area contributed by atoms with Crippen molar-refractivity contribution >= 4 is 11.8 Å². The van der Waals surface area contributed by atoms with Gasteiger partial charge in [-0.25, -0.2) is 0 Å². The summed E-state index contributed by atoms with van der Waals surface area (Å²) in [6.07, 6.45) is 6.18. The van der Waals surface area contributed by atoms with Gasteiger partial charge in [0.2, 0.25) is 11.8 Å². The maximum Gasteiger partial charge on any atom is 0.226 e. The molecule has 158 valence electrons. The van der Waals surface area contributed by atoms with Gasteiger partial charge in [-0.05, 0) is 51.3 Å². The van der Waals surface area contributed by atoms with Crippen molar-refractivity contribution in [2.45, 2.75) is 63.5 Å². The second-order valence-corrected chi connectivity index (χ2v) is 9.15. The lowest BCUT2D eigenvalue weighted by atomic mass is 9.78. The van der Waals surface area contributed by atoms with Gasteiger partial charge < -0.3 is 14.7 Å². The molecule has 3 aliphatic heterocycles. The number of hydrogen-bond acceptors (Lipinski definition) is 3. The third-order valence-electron chi connectivity index (χ3n) is 7.47. The van der Waals surface area contributed by atoms with Gasteiger partial charge in [0, 0.05) is 44.4 Å². The number of carbonyl (C=O) groups is 2. The Balaban J connectivity index is 1.58. The number of hydrogen-bond donors (Lipinski definition) is 0. The molecule has 3 saturated heterocycles. The van der Waals surface area contributed by atoms with Gasteiger partial charge in [-0.3, -0.25) is 9.59 Å². The molecule has 29 heavy (non-hydrogen) atoms. The van der Waals surface area contributed by atoms with Gasteiger partial charge in [0.05, 0.1) is 6.04 Å². The molecular formula is C24H35N3O2. The van der Waals surface area contributed by atoms with Crippen molar-refractivity contribution in [1.82, 2.24) is 14.7 Å². The van der Waals surface area contributed by atoms with E-state index in [4.69, 9.17) is 0 Å². The van der Waals surface area contributed by atoms with Gasteiger partial charge in [-0.1, -0.05) is 36.8 Å². The Morgan fingerprint density at radius 3 is 2.31 bits per heavy atom. The first-order chi connectivity index (χ1) is 14.1. The molecule has 0 aliphatic carbocycles. The molecule has 0 N–H and O–H groups in total. The van der Waals surface area contributed by atoms with Crippen LogP contribution in [0.25, 0.3) is 0 Å². The maximum atomic E-state index is 13.7. The van der Waals surface area contributed by atoms with E-state index < -0.39 is 0 Å². The molecule has 0 aromatic heterocycles. The van der Waals surface area contributed by atoms with Crippen LogP contribution in [0, 0.1) is 5.92 Å². The molecule has 0 unspecified atom stereocenters. The highest BCUT2D eigenvalue weighted by Gasteiger charge is 2.44. The molecule has 3 atom stereocenters. The molecule has 1 aromatic carbocycles. The van der Waals surface area contributed by atoms with Gasteiger partial charge in [-0.2, -0.15) is 0 Å². The number of carbonyl (C=O) groups excluding carboxylic acids is 2. The molecule has 3 heterocycles. The highest BCUT2D eigenvalue weighted by atomic mass is 16.2. The average Bonchev–Trinajstić information content (AvgIpc) is 2.98. The van der Waals surface area contributed by atoms with Gasteiger partial charge in [-0.15, -0.1) is 0 Å². The summed E-state index contributed by atoms with van der Waals surface area (Å²) in [5.74, 6) is 0.940. The second-order valence-electron chi connectivity index (χ2n) is 9.15. The molecule has 2 amide bonds. The smallest absolute Gasteiger partial charge is 0.226 e. The van der Waals surface area contributed by atoms with Crippen LogP contribution in [0.15, 0.2) is 30.3 Å². The summed E-state index contributed by atoms with van der Waals surface area (Å²) in [5, 5.41) is 0. The molecule has 0 bridgehead atoms. The van der Waals surface area contributed by atoms with E-state index in [2.05, 4.69) is 47.2 Å². The first kappa shape index (κ1) is 20.4. The lowest BCUT2D eigenvalue weighted by Gasteiger charge is -2.49. The summed E-state index contributed by atoms with van der Waals surface area (Å²) in [4.78, 5) is 32.0. The summed E-state index contributed by atoms with van der Waals surface area (Å²) < 4.78 is 0. The third-order valence-corrected chi connectivity index (χ3v) is 7.47. The number of fused-ring (bicyclic) bond motifs is 1. The molecule has 0 radical (unpaired) electrons. The zero-order valence-electron chi connectivity index (χ0n) is 17.9. The van der Waals surface area contributed by atoms with Crippen LogP contribution in [0.5, 0.6) is 0 Å². The van der Waals surface area contributed by atoms with Gasteiger partial charge in [0.25, 0.3) is 0 Å². The average molecular weight is 398 g/mol. The number of likely N-dealkylation sites (N-methyl/N-ethyl adjacent to an activating group) is 1. The SMILES string of the molecule is CC(=O)N1CCC(C(=O)N2CCCC[C@@H]3[C@H]2[C@@H](c2ccccc2)CCN3C)CC1. The lowest BCUT2D eigenvalue weighted by molar-refractivity contribution is -0.144. The Morgan fingerprint density at radius 2 is 1.62 bits per heavy atom.